The number of hydrogen-bond donors (Lipinski definition) is 2. The van der Waals surface area contributed by atoms with Crippen LogP contribution in [0.1, 0.15) is 0 Å². The summed E-state index contributed by atoms with van der Waals surface area (Å²) in [7, 11) is 3.65. The van der Waals surface area contributed by atoms with Crippen LogP contribution in [0.25, 0.3) is 21.9 Å². The van der Waals surface area contributed by atoms with Gasteiger partial charge in [0.1, 0.15) is 11.0 Å². The Balaban J connectivity index is 2.26. The molecule has 3 heterocycles. The first-order chi connectivity index (χ1) is 10.5. The van der Waals surface area contributed by atoms with E-state index in [0.29, 0.717) is 28.1 Å². The summed E-state index contributed by atoms with van der Waals surface area (Å²) in [6.45, 7) is 0.153. The van der Waals surface area contributed by atoms with Gasteiger partial charge in [-0.1, -0.05) is 0 Å². The van der Waals surface area contributed by atoms with Crippen LogP contribution in [0.2, 0.25) is 0 Å². The van der Waals surface area contributed by atoms with Crippen molar-refractivity contribution in [2.24, 2.45) is 0 Å². The maximum atomic E-state index is 12.2. The van der Waals surface area contributed by atoms with Crippen LogP contribution in [0, 0.1) is 0 Å². The van der Waals surface area contributed by atoms with Crippen molar-refractivity contribution in [2.75, 3.05) is 25.8 Å². The molecular weight excluding hydrogens is 288 g/mol. The van der Waals surface area contributed by atoms with E-state index in [1.54, 1.807) is 12.1 Å². The van der Waals surface area contributed by atoms with Crippen molar-refractivity contribution in [1.29, 1.82) is 0 Å². The van der Waals surface area contributed by atoms with E-state index in [0.717, 1.165) is 5.39 Å². The Morgan fingerprint density at radius 1 is 1.14 bits per heavy atom. The third-order valence-electron chi connectivity index (χ3n) is 3.59. The van der Waals surface area contributed by atoms with Crippen molar-refractivity contribution in [1.82, 2.24) is 15.0 Å². The second-order valence-electron chi connectivity index (χ2n) is 5.21. The number of fused-ring (bicyclic) bond motifs is 3. The Hall–Kier alpha value is -3.03. The molecule has 1 aromatic carbocycles. The lowest BCUT2D eigenvalue weighted by Gasteiger charge is -2.17. The van der Waals surface area contributed by atoms with E-state index in [-0.39, 0.29) is 12.4 Å². The molecule has 0 saturated heterocycles. The highest BCUT2D eigenvalue weighted by atomic mass is 16.7. The highest BCUT2D eigenvalue weighted by molar-refractivity contribution is 6.07. The van der Waals surface area contributed by atoms with Crippen LogP contribution in [0.15, 0.2) is 21.7 Å². The quantitative estimate of drug-likeness (QED) is 0.637. The fraction of sp³-hybridized carbons (Fsp3) is 0.214. The molecule has 1 aliphatic heterocycles. The number of hydrogen-bond acceptors (Lipinski definition) is 6. The van der Waals surface area contributed by atoms with Crippen molar-refractivity contribution in [3.05, 3.63) is 33.0 Å². The van der Waals surface area contributed by atoms with Crippen LogP contribution >= 0.6 is 0 Å². The average molecular weight is 300 g/mol. The Labute approximate surface area is 123 Å². The van der Waals surface area contributed by atoms with Gasteiger partial charge in [0.25, 0.3) is 5.56 Å². The van der Waals surface area contributed by atoms with Crippen molar-refractivity contribution < 1.29 is 9.47 Å². The largest absolute Gasteiger partial charge is 0.454 e. The molecule has 0 spiro atoms. The number of ether oxygens (including phenoxy) is 2. The van der Waals surface area contributed by atoms with E-state index in [1.165, 1.54) is 0 Å². The molecule has 0 saturated carbocycles. The summed E-state index contributed by atoms with van der Waals surface area (Å²) < 4.78 is 10.7. The highest BCUT2D eigenvalue weighted by Gasteiger charge is 2.20. The molecule has 0 fully saturated rings. The zero-order valence-electron chi connectivity index (χ0n) is 11.9. The second kappa shape index (κ2) is 4.23. The van der Waals surface area contributed by atoms with E-state index in [9.17, 15) is 9.59 Å². The molecule has 8 heteroatoms. The lowest BCUT2D eigenvalue weighted by molar-refractivity contribution is 0.174. The number of benzene rings is 1. The van der Waals surface area contributed by atoms with Gasteiger partial charge in [0.15, 0.2) is 11.5 Å². The van der Waals surface area contributed by atoms with Gasteiger partial charge < -0.3 is 14.4 Å². The van der Waals surface area contributed by atoms with Crippen molar-refractivity contribution in [3.63, 3.8) is 0 Å². The Kier molecular flexibility index (Phi) is 2.44. The number of nitrogens with one attached hydrogen (secondary N) is 2. The van der Waals surface area contributed by atoms with E-state index in [1.807, 2.05) is 19.0 Å². The number of rotatable bonds is 1. The average Bonchev–Trinajstić information content (AvgIpc) is 2.89. The predicted octanol–water partition coefficient (Wildman–Crippen LogP) is 0.559. The van der Waals surface area contributed by atoms with Gasteiger partial charge in [-0.05, 0) is 6.07 Å². The Bertz CT molecular complexity index is 1030. The summed E-state index contributed by atoms with van der Waals surface area (Å²) in [5, 5.41) is 1.08. The summed E-state index contributed by atoms with van der Waals surface area (Å²) >= 11 is 0. The van der Waals surface area contributed by atoms with Crippen LogP contribution in [-0.2, 0) is 0 Å². The number of nitrogens with zero attached hydrogens (tertiary/aromatic N) is 2. The maximum absolute atomic E-state index is 12.2. The van der Waals surface area contributed by atoms with Gasteiger partial charge in [0, 0.05) is 25.5 Å². The molecule has 0 atom stereocenters. The molecule has 0 bridgehead atoms. The number of aromatic amines is 2. The molecule has 112 valence electrons. The van der Waals surface area contributed by atoms with Crippen molar-refractivity contribution >= 4 is 27.6 Å². The molecule has 0 radical (unpaired) electrons. The molecule has 2 N–H and O–H groups in total. The van der Waals surface area contributed by atoms with Gasteiger partial charge in [-0.25, -0.2) is 9.78 Å². The zero-order valence-corrected chi connectivity index (χ0v) is 11.9. The van der Waals surface area contributed by atoms with E-state index in [4.69, 9.17) is 9.47 Å². The summed E-state index contributed by atoms with van der Waals surface area (Å²) in [6, 6.07) is 3.54. The lowest BCUT2D eigenvalue weighted by Crippen LogP contribution is -2.24. The third-order valence-corrected chi connectivity index (χ3v) is 3.59. The van der Waals surface area contributed by atoms with Crippen LogP contribution in [0.4, 0.5) is 5.69 Å². The van der Waals surface area contributed by atoms with Crippen molar-refractivity contribution in [2.45, 2.75) is 0 Å². The standard InChI is InChI=1S/C14H12N4O4/c1-18(2)11-6-3-8-9(22-5-21-8)4-7(6)15-12-10(11)13(19)17-14(20)16-12/h3-4H,5H2,1-2H3,(H2,15,16,17,19,20). The zero-order chi connectivity index (χ0) is 15.4. The van der Waals surface area contributed by atoms with E-state index in [2.05, 4.69) is 15.0 Å². The Morgan fingerprint density at radius 3 is 2.59 bits per heavy atom. The topological polar surface area (TPSA) is 100 Å². The van der Waals surface area contributed by atoms with E-state index >= 15 is 0 Å². The number of pyridine rings is 1. The van der Waals surface area contributed by atoms with Crippen LogP contribution < -0.4 is 25.6 Å². The smallest absolute Gasteiger partial charge is 0.327 e. The fourth-order valence-corrected chi connectivity index (χ4v) is 2.71. The molecule has 22 heavy (non-hydrogen) atoms. The Morgan fingerprint density at radius 2 is 1.86 bits per heavy atom. The van der Waals surface area contributed by atoms with Gasteiger partial charge in [0.2, 0.25) is 6.79 Å². The first-order valence-corrected chi connectivity index (χ1v) is 6.61. The minimum Gasteiger partial charge on any atom is -0.454 e. The van der Waals surface area contributed by atoms with Crippen LogP contribution in [-0.4, -0.2) is 35.8 Å². The molecular formula is C14H12N4O4. The second-order valence-corrected chi connectivity index (χ2v) is 5.21. The lowest BCUT2D eigenvalue weighted by atomic mass is 10.1. The van der Waals surface area contributed by atoms with Gasteiger partial charge in [-0.2, -0.15) is 0 Å². The maximum Gasteiger partial charge on any atom is 0.327 e. The summed E-state index contributed by atoms with van der Waals surface area (Å²) in [5.74, 6) is 1.20. The predicted molar refractivity (Wildman–Crippen MR) is 80.9 cm³/mol. The first-order valence-electron chi connectivity index (χ1n) is 6.61. The summed E-state index contributed by atoms with van der Waals surface area (Å²) in [6.07, 6.45) is 0. The fourth-order valence-electron chi connectivity index (χ4n) is 2.71. The number of anilines is 1. The number of H-pyrrole nitrogens is 2. The minimum absolute atomic E-state index is 0.153. The van der Waals surface area contributed by atoms with Crippen LogP contribution in [0.5, 0.6) is 11.5 Å². The monoisotopic (exact) mass is 300 g/mol. The number of aromatic nitrogens is 3. The van der Waals surface area contributed by atoms with Gasteiger partial charge >= 0.3 is 5.69 Å². The van der Waals surface area contributed by atoms with Crippen molar-refractivity contribution in [3.8, 4) is 11.5 Å². The molecule has 4 rings (SSSR count). The molecule has 0 aliphatic carbocycles. The van der Waals surface area contributed by atoms with Gasteiger partial charge in [0.05, 0.1) is 11.2 Å². The molecule has 0 unspecified atom stereocenters. The SMILES string of the molecule is CN(C)c1c2cc3c(cc2nc2[nH]c(=O)[nH]c(=O)c12)OCO3. The van der Waals surface area contributed by atoms with Gasteiger partial charge in [-0.15, -0.1) is 0 Å². The van der Waals surface area contributed by atoms with Crippen LogP contribution in [0.3, 0.4) is 0 Å². The highest BCUT2D eigenvalue weighted by Crippen LogP contribution is 2.39. The summed E-state index contributed by atoms with van der Waals surface area (Å²) in [5.41, 5.74) is 0.450. The third kappa shape index (κ3) is 1.67. The molecule has 0 amide bonds. The molecule has 2 aromatic heterocycles. The van der Waals surface area contributed by atoms with Gasteiger partial charge in [-0.3, -0.25) is 14.8 Å². The normalized spacial score (nSPS) is 13.0. The first kappa shape index (κ1) is 12.7. The van der Waals surface area contributed by atoms with E-state index < -0.39 is 11.2 Å². The molecule has 8 nitrogen and oxygen atoms in total. The molecule has 3 aromatic rings. The minimum atomic E-state index is -0.588. The molecule has 1 aliphatic rings. The summed E-state index contributed by atoms with van der Waals surface area (Å²) in [4.78, 5) is 34.7.